The molecule has 248 valence electrons. The molecule has 0 aliphatic heterocycles. The van der Waals surface area contributed by atoms with Gasteiger partial charge >= 0.3 is 0 Å². The first-order valence-electron chi connectivity index (χ1n) is 17.3. The quantitative estimate of drug-likeness (QED) is 0.183. The summed E-state index contributed by atoms with van der Waals surface area (Å²) in [6, 6.07) is 50.0. The summed E-state index contributed by atoms with van der Waals surface area (Å²) in [5.74, 6) is 1.66. The van der Waals surface area contributed by atoms with E-state index in [1.807, 2.05) is 132 Å². The van der Waals surface area contributed by atoms with Crippen LogP contribution in [0.25, 0.3) is 104 Å². The van der Waals surface area contributed by atoms with Gasteiger partial charge in [0.05, 0.1) is 22.1 Å². The second kappa shape index (κ2) is 11.6. The maximum atomic E-state index is 17.1. The van der Waals surface area contributed by atoms with Gasteiger partial charge in [-0.3, -0.25) is 4.57 Å². The summed E-state index contributed by atoms with van der Waals surface area (Å²) in [4.78, 5) is 25.8. The van der Waals surface area contributed by atoms with Crippen molar-refractivity contribution in [2.24, 2.45) is 0 Å². The van der Waals surface area contributed by atoms with Crippen molar-refractivity contribution >= 4 is 75.1 Å². The van der Waals surface area contributed by atoms with E-state index in [1.54, 1.807) is 11.3 Å². The third-order valence-electron chi connectivity index (χ3n) is 9.91. The van der Waals surface area contributed by atoms with Gasteiger partial charge in [-0.15, -0.1) is 11.3 Å². The highest BCUT2D eigenvalue weighted by atomic mass is 32.1. The number of aromatic nitrogens is 6. The van der Waals surface area contributed by atoms with Crippen LogP contribution in [0.15, 0.2) is 152 Å². The van der Waals surface area contributed by atoms with E-state index in [0.29, 0.717) is 56.3 Å². The Bertz CT molecular complexity index is 3260. The van der Waals surface area contributed by atoms with Gasteiger partial charge in [0, 0.05) is 42.1 Å². The van der Waals surface area contributed by atoms with Crippen molar-refractivity contribution in [3.05, 3.63) is 157 Å². The minimum Gasteiger partial charge on any atom is -0.292 e. The van der Waals surface area contributed by atoms with Crippen LogP contribution < -0.4 is 0 Å². The van der Waals surface area contributed by atoms with Crippen LogP contribution in [0, 0.1) is 5.82 Å². The maximum Gasteiger partial charge on any atom is 0.186 e. The molecule has 0 saturated heterocycles. The fraction of sp³-hybridized carbons (Fsp3) is 0. The molecule has 11 rings (SSSR count). The fourth-order valence-electron chi connectivity index (χ4n) is 7.53. The first kappa shape index (κ1) is 29.8. The molecule has 0 N–H and O–H groups in total. The van der Waals surface area contributed by atoms with Gasteiger partial charge < -0.3 is 0 Å². The summed E-state index contributed by atoms with van der Waals surface area (Å²) in [5, 5.41) is 4.98. The van der Waals surface area contributed by atoms with Gasteiger partial charge in [-0.05, 0) is 41.1 Å². The minimum absolute atomic E-state index is 0.245. The predicted molar refractivity (Wildman–Crippen MR) is 214 cm³/mol. The van der Waals surface area contributed by atoms with Crippen LogP contribution in [-0.2, 0) is 0 Å². The monoisotopic (exact) mass is 700 g/mol. The smallest absolute Gasteiger partial charge is 0.186 e. The highest BCUT2D eigenvalue weighted by Crippen LogP contribution is 2.43. The van der Waals surface area contributed by atoms with E-state index in [-0.39, 0.29) is 5.82 Å². The minimum atomic E-state index is -0.245. The predicted octanol–water partition coefficient (Wildman–Crippen LogP) is 11.6. The highest BCUT2D eigenvalue weighted by molar-refractivity contribution is 7.25. The number of fused-ring (bicyclic) bond motifs is 8. The lowest BCUT2D eigenvalue weighted by atomic mass is 10.0. The van der Waals surface area contributed by atoms with E-state index in [0.717, 1.165) is 47.6 Å². The number of rotatable bonds is 4. The number of hydrogen-bond acceptors (Lipinski definition) is 6. The molecular weight excluding hydrogens is 676 g/mol. The van der Waals surface area contributed by atoms with Crippen LogP contribution in [0.5, 0.6) is 0 Å². The molecule has 53 heavy (non-hydrogen) atoms. The molecule has 0 spiro atoms. The molecular formula is C45H25FN6S. The molecule has 0 bridgehead atoms. The Morgan fingerprint density at radius 2 is 1.13 bits per heavy atom. The van der Waals surface area contributed by atoms with Crippen molar-refractivity contribution in [2.75, 3.05) is 0 Å². The molecule has 7 aromatic carbocycles. The van der Waals surface area contributed by atoms with E-state index in [4.69, 9.17) is 24.9 Å². The number of halogens is 1. The van der Waals surface area contributed by atoms with E-state index in [1.165, 1.54) is 0 Å². The van der Waals surface area contributed by atoms with Crippen LogP contribution in [0.1, 0.15) is 0 Å². The summed E-state index contributed by atoms with van der Waals surface area (Å²) in [6.45, 7) is 0. The summed E-state index contributed by atoms with van der Waals surface area (Å²) < 4.78 is 21.0. The standard InChI is InChI=1S/C45H25FN6S/c46-40-38-30-18-6-10-23-34(30)52(35(38)25-37-39(40)31-19-7-11-24-36(31)53-37)45-41(47-32-21-8-9-22-33(32)48-45)44-50-42(27-14-2-1-3-15-27)49-43(51-44)29-20-12-16-26-13-4-5-17-28(26)29/h1-25H. The second-order valence-electron chi connectivity index (χ2n) is 13.0. The van der Waals surface area contributed by atoms with Gasteiger partial charge in [-0.1, -0.05) is 121 Å². The Balaban J connectivity index is 1.27. The van der Waals surface area contributed by atoms with Gasteiger partial charge in [0.1, 0.15) is 5.82 Å². The van der Waals surface area contributed by atoms with Crippen LogP contribution in [0.2, 0.25) is 0 Å². The fourth-order valence-corrected chi connectivity index (χ4v) is 8.67. The van der Waals surface area contributed by atoms with E-state index >= 15 is 4.39 Å². The third kappa shape index (κ3) is 4.59. The lowest BCUT2D eigenvalue weighted by Gasteiger charge is -2.14. The normalized spacial score (nSPS) is 11.9. The molecule has 0 fully saturated rings. The van der Waals surface area contributed by atoms with Crippen molar-refractivity contribution < 1.29 is 4.39 Å². The molecule has 0 amide bonds. The summed E-state index contributed by atoms with van der Waals surface area (Å²) in [7, 11) is 0. The van der Waals surface area contributed by atoms with Crippen LogP contribution in [0.4, 0.5) is 4.39 Å². The number of thiophene rings is 1. The molecule has 0 atom stereocenters. The lowest BCUT2D eigenvalue weighted by molar-refractivity contribution is 0.653. The Morgan fingerprint density at radius 1 is 0.472 bits per heavy atom. The van der Waals surface area contributed by atoms with Gasteiger partial charge in [0.15, 0.2) is 29.0 Å². The molecule has 8 heteroatoms. The van der Waals surface area contributed by atoms with Gasteiger partial charge in [-0.25, -0.2) is 29.3 Å². The Labute approximate surface area is 305 Å². The number of benzene rings is 7. The first-order valence-corrected chi connectivity index (χ1v) is 18.1. The van der Waals surface area contributed by atoms with Gasteiger partial charge in [0.25, 0.3) is 0 Å². The van der Waals surface area contributed by atoms with Crippen LogP contribution in [0.3, 0.4) is 0 Å². The zero-order chi connectivity index (χ0) is 35.0. The molecule has 0 aliphatic rings. The summed E-state index contributed by atoms with van der Waals surface area (Å²) >= 11 is 1.59. The topological polar surface area (TPSA) is 69.4 Å². The zero-order valence-electron chi connectivity index (χ0n) is 27.9. The second-order valence-corrected chi connectivity index (χ2v) is 14.1. The SMILES string of the molecule is Fc1c2c(cc3c1c1ccccc1n3-c1nc3ccccc3nc1-c1nc(-c3ccccc3)nc(-c3cccc4ccccc34)n1)sc1ccccc12. The molecule has 4 heterocycles. The van der Waals surface area contributed by atoms with Crippen molar-refractivity contribution in [1.29, 1.82) is 0 Å². The van der Waals surface area contributed by atoms with E-state index in [9.17, 15) is 0 Å². The summed E-state index contributed by atoms with van der Waals surface area (Å²) in [6.07, 6.45) is 0. The molecule has 0 unspecified atom stereocenters. The van der Waals surface area contributed by atoms with Crippen LogP contribution >= 0.6 is 11.3 Å². The molecule has 0 radical (unpaired) electrons. The number of hydrogen-bond donors (Lipinski definition) is 0. The lowest BCUT2D eigenvalue weighted by Crippen LogP contribution is -2.07. The maximum absolute atomic E-state index is 17.1. The summed E-state index contributed by atoms with van der Waals surface area (Å²) in [5.41, 5.74) is 5.08. The Kier molecular flexibility index (Phi) is 6.50. The van der Waals surface area contributed by atoms with Gasteiger partial charge in [0.2, 0.25) is 0 Å². The highest BCUT2D eigenvalue weighted by Gasteiger charge is 2.26. The van der Waals surface area contributed by atoms with Gasteiger partial charge in [-0.2, -0.15) is 0 Å². The average molecular weight is 701 g/mol. The van der Waals surface area contributed by atoms with E-state index in [2.05, 4.69) is 24.3 Å². The third-order valence-corrected chi connectivity index (χ3v) is 11.0. The molecule has 0 aliphatic carbocycles. The van der Waals surface area contributed by atoms with Crippen molar-refractivity contribution in [1.82, 2.24) is 29.5 Å². The molecule has 0 saturated carbocycles. The van der Waals surface area contributed by atoms with Crippen molar-refractivity contribution in [3.8, 4) is 40.1 Å². The Hall–Kier alpha value is -6.90. The zero-order valence-corrected chi connectivity index (χ0v) is 28.7. The first-order chi connectivity index (χ1) is 26.2. The number of para-hydroxylation sites is 3. The number of nitrogens with zero attached hydrogens (tertiary/aromatic N) is 6. The van der Waals surface area contributed by atoms with E-state index < -0.39 is 0 Å². The van der Waals surface area contributed by atoms with Crippen molar-refractivity contribution in [2.45, 2.75) is 0 Å². The van der Waals surface area contributed by atoms with Crippen molar-refractivity contribution in [3.63, 3.8) is 0 Å². The van der Waals surface area contributed by atoms with Crippen LogP contribution in [-0.4, -0.2) is 29.5 Å². The molecule has 11 aromatic rings. The Morgan fingerprint density at radius 3 is 2.00 bits per heavy atom. The largest absolute Gasteiger partial charge is 0.292 e. The average Bonchev–Trinajstić information content (AvgIpc) is 3.76. The molecule has 4 aromatic heterocycles. The molecule has 6 nitrogen and oxygen atoms in total.